The third-order valence-electron chi connectivity index (χ3n) is 3.94. The largest absolute Gasteiger partial charge is 0.374 e. The Labute approximate surface area is 117 Å². The van der Waals surface area contributed by atoms with Gasteiger partial charge in [-0.1, -0.05) is 0 Å². The molecule has 0 N–H and O–H groups in total. The van der Waals surface area contributed by atoms with Crippen LogP contribution >= 0.6 is 12.6 Å². The molecule has 3 nitrogen and oxygen atoms in total. The third kappa shape index (κ3) is 2.37. The van der Waals surface area contributed by atoms with Crippen LogP contribution in [0.4, 0.5) is 4.39 Å². The van der Waals surface area contributed by atoms with Gasteiger partial charge in [0.1, 0.15) is 5.82 Å². The molecule has 1 saturated carbocycles. The molecular weight excluding hydrogens is 265 g/mol. The molecule has 0 bridgehead atoms. The number of hydrogen-bond donors (Lipinski definition) is 1. The molecule has 1 aliphatic carbocycles. The summed E-state index contributed by atoms with van der Waals surface area (Å²) in [6.07, 6.45) is 3.29. The lowest BCUT2D eigenvalue weighted by molar-refractivity contribution is -0.0445. The van der Waals surface area contributed by atoms with Gasteiger partial charge >= 0.3 is 0 Å². The van der Waals surface area contributed by atoms with Crippen molar-refractivity contribution in [3.63, 3.8) is 0 Å². The van der Waals surface area contributed by atoms with E-state index in [1.807, 2.05) is 4.90 Å². The van der Waals surface area contributed by atoms with Crippen molar-refractivity contribution in [2.24, 2.45) is 0 Å². The highest BCUT2D eigenvalue weighted by Gasteiger charge is 2.38. The van der Waals surface area contributed by atoms with Crippen molar-refractivity contribution >= 4 is 18.5 Å². The fourth-order valence-electron chi connectivity index (χ4n) is 2.99. The van der Waals surface area contributed by atoms with Gasteiger partial charge in [0.05, 0.1) is 18.8 Å². The minimum Gasteiger partial charge on any atom is -0.374 e. The average molecular weight is 281 g/mol. The first-order chi connectivity index (χ1) is 9.16. The van der Waals surface area contributed by atoms with Crippen LogP contribution < -0.4 is 0 Å². The Morgan fingerprint density at radius 1 is 1.42 bits per heavy atom. The minimum atomic E-state index is -0.402. The molecule has 19 heavy (non-hydrogen) atoms. The van der Waals surface area contributed by atoms with Crippen molar-refractivity contribution in [2.45, 2.75) is 36.3 Å². The van der Waals surface area contributed by atoms with Crippen molar-refractivity contribution in [2.75, 3.05) is 13.2 Å². The van der Waals surface area contributed by atoms with Gasteiger partial charge in [0.25, 0.3) is 5.91 Å². The first-order valence-corrected chi connectivity index (χ1v) is 7.02. The van der Waals surface area contributed by atoms with Crippen LogP contribution in [0, 0.1) is 5.82 Å². The Bertz CT molecular complexity index is 508. The molecule has 2 aliphatic rings. The molecule has 0 spiro atoms. The van der Waals surface area contributed by atoms with Gasteiger partial charge in [0.15, 0.2) is 0 Å². The number of amides is 1. The average Bonchev–Trinajstić information content (AvgIpc) is 2.89. The standard InChI is InChI=1S/C14H16FNO2S/c15-10-5-4-9(8-13(10)19)14(17)16-6-7-18-12-3-1-2-11(12)16/h4-5,8,11-12,19H,1-3,6-7H2. The van der Waals surface area contributed by atoms with Crippen LogP contribution in [0.15, 0.2) is 23.1 Å². The first kappa shape index (κ1) is 12.9. The molecule has 2 atom stereocenters. The van der Waals surface area contributed by atoms with E-state index in [4.69, 9.17) is 4.74 Å². The summed E-state index contributed by atoms with van der Waals surface area (Å²) in [5.41, 5.74) is 0.499. The Balaban J connectivity index is 1.84. The second-order valence-electron chi connectivity index (χ2n) is 5.07. The zero-order valence-corrected chi connectivity index (χ0v) is 11.4. The predicted octanol–water partition coefficient (Wildman–Crippen LogP) is 2.51. The maximum Gasteiger partial charge on any atom is 0.254 e. The molecule has 102 valence electrons. The summed E-state index contributed by atoms with van der Waals surface area (Å²) in [5, 5.41) is 0. The molecular formula is C14H16FNO2S. The van der Waals surface area contributed by atoms with Crippen LogP contribution in [0.5, 0.6) is 0 Å². The van der Waals surface area contributed by atoms with Crippen molar-refractivity contribution in [3.8, 4) is 0 Å². The number of halogens is 1. The number of rotatable bonds is 1. The summed E-state index contributed by atoms with van der Waals surface area (Å²) in [6, 6.07) is 4.49. The fraction of sp³-hybridized carbons (Fsp3) is 0.500. The molecule has 1 saturated heterocycles. The summed E-state index contributed by atoms with van der Waals surface area (Å²) < 4.78 is 18.9. The predicted molar refractivity (Wildman–Crippen MR) is 72.1 cm³/mol. The maximum atomic E-state index is 13.2. The van der Waals surface area contributed by atoms with Gasteiger partial charge in [-0.15, -0.1) is 12.6 Å². The van der Waals surface area contributed by atoms with Gasteiger partial charge in [-0.2, -0.15) is 0 Å². The van der Waals surface area contributed by atoms with E-state index in [1.54, 1.807) is 0 Å². The molecule has 0 radical (unpaired) electrons. The number of ether oxygens (including phenoxy) is 1. The zero-order valence-electron chi connectivity index (χ0n) is 10.5. The fourth-order valence-corrected chi connectivity index (χ4v) is 3.20. The summed E-state index contributed by atoms with van der Waals surface area (Å²) in [7, 11) is 0. The minimum absolute atomic E-state index is 0.0458. The number of carbonyl (C=O) groups is 1. The van der Waals surface area contributed by atoms with Gasteiger partial charge in [-0.25, -0.2) is 4.39 Å². The van der Waals surface area contributed by atoms with Crippen LogP contribution in [0.3, 0.4) is 0 Å². The van der Waals surface area contributed by atoms with Gasteiger partial charge in [-0.3, -0.25) is 4.79 Å². The number of thiol groups is 1. The summed E-state index contributed by atoms with van der Waals surface area (Å²) in [5.74, 6) is -0.448. The topological polar surface area (TPSA) is 29.5 Å². The lowest BCUT2D eigenvalue weighted by Crippen LogP contribution is -2.51. The maximum absolute atomic E-state index is 13.2. The summed E-state index contributed by atoms with van der Waals surface area (Å²) in [4.78, 5) is 14.6. The van der Waals surface area contributed by atoms with Crippen molar-refractivity contribution in [3.05, 3.63) is 29.6 Å². The monoisotopic (exact) mass is 281 g/mol. The van der Waals surface area contributed by atoms with Crippen LogP contribution in [0.1, 0.15) is 29.6 Å². The smallest absolute Gasteiger partial charge is 0.254 e. The van der Waals surface area contributed by atoms with Crippen LogP contribution in [-0.4, -0.2) is 36.1 Å². The van der Waals surface area contributed by atoms with Crippen LogP contribution in [-0.2, 0) is 4.74 Å². The second-order valence-corrected chi connectivity index (χ2v) is 5.55. The number of benzene rings is 1. The Hall–Kier alpha value is -1.07. The van der Waals surface area contributed by atoms with Crippen molar-refractivity contribution in [1.82, 2.24) is 4.90 Å². The summed E-state index contributed by atoms with van der Waals surface area (Å²) >= 11 is 4.03. The third-order valence-corrected chi connectivity index (χ3v) is 4.28. The Kier molecular flexibility index (Phi) is 3.50. The molecule has 1 amide bonds. The van der Waals surface area contributed by atoms with Crippen molar-refractivity contribution in [1.29, 1.82) is 0 Å². The highest BCUT2D eigenvalue weighted by atomic mass is 32.1. The van der Waals surface area contributed by atoms with Crippen molar-refractivity contribution < 1.29 is 13.9 Å². The van der Waals surface area contributed by atoms with E-state index in [-0.39, 0.29) is 22.9 Å². The Morgan fingerprint density at radius 2 is 2.26 bits per heavy atom. The molecule has 1 heterocycles. The molecule has 2 fully saturated rings. The number of carbonyl (C=O) groups excluding carboxylic acids is 1. The highest BCUT2D eigenvalue weighted by molar-refractivity contribution is 7.80. The molecule has 0 aromatic heterocycles. The Morgan fingerprint density at radius 3 is 3.05 bits per heavy atom. The number of nitrogens with zero attached hydrogens (tertiary/aromatic N) is 1. The number of morpholine rings is 1. The van der Waals surface area contributed by atoms with E-state index in [1.165, 1.54) is 18.2 Å². The van der Waals surface area contributed by atoms with E-state index in [9.17, 15) is 9.18 Å². The number of fused-ring (bicyclic) bond motifs is 1. The summed E-state index contributed by atoms with van der Waals surface area (Å²) in [6.45, 7) is 1.20. The van der Waals surface area contributed by atoms with Gasteiger partial charge in [0.2, 0.25) is 0 Å². The lowest BCUT2D eigenvalue weighted by Gasteiger charge is -2.37. The second kappa shape index (κ2) is 5.13. The van der Waals surface area contributed by atoms with Gasteiger partial charge in [0, 0.05) is 17.0 Å². The SMILES string of the molecule is O=C(c1ccc(F)c(S)c1)N1CCOC2CCCC21. The van der Waals surface area contributed by atoms with E-state index in [0.29, 0.717) is 18.7 Å². The number of hydrogen-bond acceptors (Lipinski definition) is 3. The van der Waals surface area contributed by atoms with E-state index in [0.717, 1.165) is 19.3 Å². The molecule has 1 aromatic carbocycles. The van der Waals surface area contributed by atoms with Gasteiger partial charge < -0.3 is 9.64 Å². The molecule has 2 unspecified atom stereocenters. The van der Waals surface area contributed by atoms with E-state index >= 15 is 0 Å². The van der Waals surface area contributed by atoms with E-state index in [2.05, 4.69) is 12.6 Å². The lowest BCUT2D eigenvalue weighted by atomic mass is 10.1. The van der Waals surface area contributed by atoms with Crippen LogP contribution in [0.2, 0.25) is 0 Å². The molecule has 1 aliphatic heterocycles. The molecule has 3 rings (SSSR count). The molecule has 1 aromatic rings. The highest BCUT2D eigenvalue weighted by Crippen LogP contribution is 2.30. The first-order valence-electron chi connectivity index (χ1n) is 6.58. The van der Waals surface area contributed by atoms with Crippen LogP contribution in [0.25, 0.3) is 0 Å². The normalized spacial score (nSPS) is 26.3. The molecule has 5 heteroatoms. The van der Waals surface area contributed by atoms with Gasteiger partial charge in [-0.05, 0) is 37.5 Å². The van der Waals surface area contributed by atoms with E-state index < -0.39 is 5.82 Å². The zero-order chi connectivity index (χ0) is 13.4. The quantitative estimate of drug-likeness (QED) is 0.802.